The molecule has 3 aromatic heterocycles. The molecule has 1 saturated heterocycles. The normalized spacial score (nSPS) is 20.4. The monoisotopic (exact) mass is 450 g/mol. The molecule has 5 rings (SSSR count). The van der Waals surface area contributed by atoms with Gasteiger partial charge in [0.1, 0.15) is 11.2 Å². The summed E-state index contributed by atoms with van der Waals surface area (Å²) in [5, 5.41) is 2.58. The second-order valence-corrected chi connectivity index (χ2v) is 8.69. The summed E-state index contributed by atoms with van der Waals surface area (Å²) in [5.74, 6) is -0.599. The Kier molecular flexibility index (Phi) is 5.57. The highest BCUT2D eigenvalue weighted by Crippen LogP contribution is 2.37. The summed E-state index contributed by atoms with van der Waals surface area (Å²) < 4.78 is 15.3. The number of aryl methyl sites for hydroxylation is 1. The summed E-state index contributed by atoms with van der Waals surface area (Å²) in [4.78, 5) is 40.0. The van der Waals surface area contributed by atoms with Crippen LogP contribution in [0, 0.1) is 5.82 Å². The van der Waals surface area contributed by atoms with Crippen molar-refractivity contribution < 1.29 is 9.18 Å². The van der Waals surface area contributed by atoms with Crippen LogP contribution in [0.5, 0.6) is 0 Å². The maximum Gasteiger partial charge on any atom is 0.269 e. The van der Waals surface area contributed by atoms with E-state index >= 15 is 4.39 Å². The third kappa shape index (κ3) is 3.76. The van der Waals surface area contributed by atoms with Gasteiger partial charge in [-0.05, 0) is 37.5 Å². The van der Waals surface area contributed by atoms with E-state index in [9.17, 15) is 9.59 Å². The van der Waals surface area contributed by atoms with Crippen molar-refractivity contribution in [3.05, 3.63) is 63.6 Å². The molecule has 2 N–H and O–H groups in total. The molecule has 0 aromatic carbocycles. The van der Waals surface area contributed by atoms with Gasteiger partial charge in [-0.15, -0.1) is 0 Å². The molecule has 2 atom stereocenters. The molecule has 0 unspecified atom stereocenters. The average molecular weight is 451 g/mol. The molecule has 3 aromatic rings. The minimum absolute atomic E-state index is 0.181. The number of halogens is 1. The topological polar surface area (TPSA) is 94.2 Å². The number of nitrogens with one attached hydrogen (secondary N) is 2. The zero-order valence-electron chi connectivity index (χ0n) is 18.8. The first-order valence-electron chi connectivity index (χ1n) is 11.4. The number of hydrogen-bond acceptors (Lipinski definition) is 6. The van der Waals surface area contributed by atoms with Gasteiger partial charge in [0.2, 0.25) is 0 Å². The highest BCUT2D eigenvalue weighted by atomic mass is 19.1. The van der Waals surface area contributed by atoms with Crippen LogP contribution in [0.3, 0.4) is 0 Å². The van der Waals surface area contributed by atoms with Crippen molar-refractivity contribution in [2.24, 2.45) is 0 Å². The molecule has 8 nitrogen and oxygen atoms in total. The molecule has 0 bridgehead atoms. The van der Waals surface area contributed by atoms with E-state index in [4.69, 9.17) is 0 Å². The molecule has 172 valence electrons. The SMILES string of the molecule is CCc1cc2ncc(CN3CCN(c4ccc(C(=O)NC)nc4)[C@@H]4CC[C@H]43)c(F)c2[nH]c1=O. The van der Waals surface area contributed by atoms with E-state index in [1.165, 1.54) is 0 Å². The van der Waals surface area contributed by atoms with E-state index < -0.39 is 5.82 Å². The number of pyridine rings is 3. The van der Waals surface area contributed by atoms with Crippen LogP contribution < -0.4 is 15.8 Å². The van der Waals surface area contributed by atoms with Gasteiger partial charge in [0, 0.05) is 56.1 Å². The van der Waals surface area contributed by atoms with Crippen molar-refractivity contribution in [3.63, 3.8) is 0 Å². The molecule has 0 radical (unpaired) electrons. The van der Waals surface area contributed by atoms with E-state index in [2.05, 4.69) is 30.1 Å². The average Bonchev–Trinajstić information content (AvgIpc) is 2.81. The maximum absolute atomic E-state index is 15.3. The summed E-state index contributed by atoms with van der Waals surface area (Å²) in [5.41, 5.74) is 2.90. The summed E-state index contributed by atoms with van der Waals surface area (Å²) in [6.07, 6.45) is 6.03. The Morgan fingerprint density at radius 3 is 2.67 bits per heavy atom. The molecule has 1 aliphatic carbocycles. The van der Waals surface area contributed by atoms with Crippen molar-refractivity contribution >= 4 is 22.6 Å². The van der Waals surface area contributed by atoms with Crippen LogP contribution in [-0.4, -0.2) is 58.0 Å². The van der Waals surface area contributed by atoms with Crippen LogP contribution in [0.25, 0.3) is 11.0 Å². The highest BCUT2D eigenvalue weighted by molar-refractivity contribution is 5.92. The standard InChI is InChI=1S/C24H27FN6O2/c1-3-14-10-18-22(29-23(14)32)21(25)15(11-27-18)13-30-8-9-31(20-7-6-19(20)30)16-4-5-17(28-12-16)24(33)26-2/h4-5,10-12,19-20H,3,6-9,13H2,1-2H3,(H,26,33)(H,29,32)/t19-,20-/m1/s1. The minimum atomic E-state index is -0.396. The lowest BCUT2D eigenvalue weighted by atomic mass is 9.81. The van der Waals surface area contributed by atoms with Crippen LogP contribution >= 0.6 is 0 Å². The van der Waals surface area contributed by atoms with Crippen LogP contribution in [0.15, 0.2) is 35.4 Å². The molecule has 1 aliphatic heterocycles. The molecule has 4 heterocycles. The predicted molar refractivity (Wildman–Crippen MR) is 124 cm³/mol. The van der Waals surface area contributed by atoms with Crippen molar-refractivity contribution in [2.45, 2.75) is 44.8 Å². The lowest BCUT2D eigenvalue weighted by Crippen LogP contribution is -2.64. The van der Waals surface area contributed by atoms with Crippen LogP contribution in [0.2, 0.25) is 0 Å². The number of nitrogens with zero attached hydrogens (tertiary/aromatic N) is 4. The second-order valence-electron chi connectivity index (χ2n) is 8.69. The van der Waals surface area contributed by atoms with Crippen LogP contribution in [0.4, 0.5) is 10.1 Å². The Balaban J connectivity index is 1.34. The minimum Gasteiger partial charge on any atom is -0.364 e. The largest absolute Gasteiger partial charge is 0.364 e. The molecule has 2 aliphatic rings. The van der Waals surface area contributed by atoms with Gasteiger partial charge in [-0.1, -0.05) is 6.92 Å². The number of anilines is 1. The predicted octanol–water partition coefficient (Wildman–Crippen LogP) is 2.23. The Morgan fingerprint density at radius 2 is 2.00 bits per heavy atom. The van der Waals surface area contributed by atoms with Crippen LogP contribution in [0.1, 0.15) is 41.4 Å². The number of fused-ring (bicyclic) bond motifs is 2. The number of rotatable bonds is 5. The zero-order valence-corrected chi connectivity index (χ0v) is 18.8. The van der Waals surface area contributed by atoms with Crippen molar-refractivity contribution in [1.29, 1.82) is 0 Å². The Morgan fingerprint density at radius 1 is 1.18 bits per heavy atom. The van der Waals surface area contributed by atoms with Gasteiger partial charge >= 0.3 is 0 Å². The molecule has 0 spiro atoms. The fourth-order valence-electron chi connectivity index (χ4n) is 4.94. The Hall–Kier alpha value is -3.33. The highest BCUT2D eigenvalue weighted by Gasteiger charge is 2.43. The first kappa shape index (κ1) is 21.5. The van der Waals surface area contributed by atoms with E-state index in [1.54, 1.807) is 31.6 Å². The first-order chi connectivity index (χ1) is 16.0. The van der Waals surface area contributed by atoms with Gasteiger partial charge in [-0.2, -0.15) is 0 Å². The van der Waals surface area contributed by atoms with E-state index in [0.29, 0.717) is 47.4 Å². The number of hydrogen-bond donors (Lipinski definition) is 2. The lowest BCUT2D eigenvalue weighted by Gasteiger charge is -2.54. The number of H-pyrrole nitrogens is 1. The van der Waals surface area contributed by atoms with Crippen LogP contribution in [-0.2, 0) is 13.0 Å². The molecule has 9 heteroatoms. The number of carbonyl (C=O) groups is 1. The third-order valence-electron chi connectivity index (χ3n) is 6.95. The fraction of sp³-hybridized carbons (Fsp3) is 0.417. The lowest BCUT2D eigenvalue weighted by molar-refractivity contribution is 0.0649. The van der Waals surface area contributed by atoms with Gasteiger partial charge in [0.05, 0.1) is 17.4 Å². The van der Waals surface area contributed by atoms with Gasteiger partial charge < -0.3 is 15.2 Å². The summed E-state index contributed by atoms with van der Waals surface area (Å²) in [6.45, 7) is 3.92. The van der Waals surface area contributed by atoms with Gasteiger partial charge in [-0.25, -0.2) is 9.37 Å². The third-order valence-corrected chi connectivity index (χ3v) is 6.95. The number of piperazine rings is 1. The molecular weight excluding hydrogens is 423 g/mol. The number of carbonyl (C=O) groups excluding carboxylic acids is 1. The van der Waals surface area contributed by atoms with Crippen molar-refractivity contribution in [1.82, 2.24) is 25.2 Å². The summed E-state index contributed by atoms with van der Waals surface area (Å²) in [6, 6.07) is 6.00. The second kappa shape index (κ2) is 8.55. The van der Waals surface area contributed by atoms with E-state index in [0.717, 1.165) is 31.6 Å². The fourth-order valence-corrected chi connectivity index (χ4v) is 4.94. The Bertz CT molecular complexity index is 1260. The zero-order chi connectivity index (χ0) is 23.1. The van der Waals surface area contributed by atoms with E-state index in [-0.39, 0.29) is 17.0 Å². The maximum atomic E-state index is 15.3. The molecule has 2 fully saturated rings. The number of aromatic nitrogens is 3. The van der Waals surface area contributed by atoms with Gasteiger partial charge in [0.15, 0.2) is 5.82 Å². The molecular formula is C24H27FN6O2. The summed E-state index contributed by atoms with van der Waals surface area (Å²) in [7, 11) is 1.59. The Labute approximate surface area is 190 Å². The van der Waals surface area contributed by atoms with E-state index in [1.807, 2.05) is 13.0 Å². The van der Waals surface area contributed by atoms with Gasteiger partial charge in [0.25, 0.3) is 11.5 Å². The van der Waals surface area contributed by atoms with Crippen molar-refractivity contribution in [3.8, 4) is 0 Å². The molecule has 1 amide bonds. The van der Waals surface area contributed by atoms with Gasteiger partial charge in [-0.3, -0.25) is 19.5 Å². The number of amides is 1. The first-order valence-corrected chi connectivity index (χ1v) is 11.4. The quantitative estimate of drug-likeness (QED) is 0.619. The molecule has 33 heavy (non-hydrogen) atoms. The molecule has 1 saturated carbocycles. The van der Waals surface area contributed by atoms with Crippen molar-refractivity contribution in [2.75, 3.05) is 25.0 Å². The number of aromatic amines is 1. The smallest absolute Gasteiger partial charge is 0.269 e. The summed E-state index contributed by atoms with van der Waals surface area (Å²) >= 11 is 0.